The van der Waals surface area contributed by atoms with Gasteiger partial charge in [-0.1, -0.05) is 47.2 Å². The zero-order valence-corrected chi connectivity index (χ0v) is 18.1. The number of hydrogen-bond donors (Lipinski definition) is 0. The Labute approximate surface area is 184 Å². The third-order valence-corrected chi connectivity index (χ3v) is 5.26. The van der Waals surface area contributed by atoms with Gasteiger partial charge >= 0.3 is 0 Å². The number of carbonyl (C=O) groups is 2. The fraction of sp³-hybridized carbons (Fsp3) is 0.0800. The van der Waals surface area contributed by atoms with E-state index in [-0.39, 0.29) is 10.2 Å². The van der Waals surface area contributed by atoms with Crippen LogP contribution in [0.25, 0.3) is 0 Å². The zero-order chi connectivity index (χ0) is 21.3. The predicted octanol–water partition coefficient (Wildman–Crippen LogP) is 5.16. The summed E-state index contributed by atoms with van der Waals surface area (Å²) in [6.07, 6.45) is 3.40. The molecular weight excluding hydrogens is 410 g/mol. The maximum atomic E-state index is 11.1. The average molecular weight is 428 g/mol. The van der Waals surface area contributed by atoms with E-state index >= 15 is 0 Å². The third-order valence-electron chi connectivity index (χ3n) is 3.67. The highest BCUT2D eigenvalue weighted by Crippen LogP contribution is 2.19. The van der Waals surface area contributed by atoms with Gasteiger partial charge in [-0.3, -0.25) is 14.6 Å². The molecule has 0 aliphatic carbocycles. The van der Waals surface area contributed by atoms with Gasteiger partial charge in [0.15, 0.2) is 10.2 Å². The molecule has 1 heterocycles. The highest BCUT2D eigenvalue weighted by molar-refractivity contribution is 8.13. The molecule has 0 radical (unpaired) electrons. The van der Waals surface area contributed by atoms with Gasteiger partial charge in [-0.25, -0.2) is 0 Å². The van der Waals surface area contributed by atoms with E-state index in [0.717, 1.165) is 32.0 Å². The Bertz CT molecular complexity index is 1100. The molecule has 0 spiro atoms. The van der Waals surface area contributed by atoms with Gasteiger partial charge < -0.3 is 0 Å². The topological polar surface area (TPSA) is 47.0 Å². The Morgan fingerprint density at radius 2 is 1.00 bits per heavy atom. The largest absolute Gasteiger partial charge is 0.287 e. The molecule has 0 N–H and O–H groups in total. The van der Waals surface area contributed by atoms with Crippen LogP contribution in [0.1, 0.15) is 36.1 Å². The molecule has 0 unspecified atom stereocenters. The smallest absolute Gasteiger partial charge is 0.190 e. The van der Waals surface area contributed by atoms with Gasteiger partial charge in [-0.05, 0) is 54.6 Å². The minimum atomic E-state index is 0.0590. The van der Waals surface area contributed by atoms with Crippen molar-refractivity contribution < 1.29 is 9.59 Å². The van der Waals surface area contributed by atoms with Crippen LogP contribution in [-0.4, -0.2) is 15.2 Å². The molecule has 3 nitrogen and oxygen atoms in total. The van der Waals surface area contributed by atoms with Gasteiger partial charge in [0.05, 0.1) is 0 Å². The number of aromatic nitrogens is 1. The second kappa shape index (κ2) is 10.5. The standard InChI is InChI=1S/C25H17NO2S2/c1-18(27)29-24-11-7-20(8-12-24)3-5-22-15-23(17-26-16-22)6-4-21-9-13-25(14-10-21)30-19(2)28/h7-17H,1-2H3. The van der Waals surface area contributed by atoms with E-state index in [1.54, 1.807) is 26.2 Å². The summed E-state index contributed by atoms with van der Waals surface area (Å²) in [7, 11) is 0. The molecule has 0 amide bonds. The Morgan fingerprint density at radius 1 is 0.633 bits per heavy atom. The molecule has 0 saturated heterocycles. The highest BCUT2D eigenvalue weighted by atomic mass is 32.2. The van der Waals surface area contributed by atoms with Crippen LogP contribution in [0, 0.1) is 23.7 Å². The van der Waals surface area contributed by atoms with Crippen LogP contribution in [0.3, 0.4) is 0 Å². The zero-order valence-electron chi connectivity index (χ0n) is 16.4. The lowest BCUT2D eigenvalue weighted by Gasteiger charge is -1.97. The summed E-state index contributed by atoms with van der Waals surface area (Å²) in [6.45, 7) is 3.09. The molecule has 0 bridgehead atoms. The van der Waals surface area contributed by atoms with Crippen molar-refractivity contribution in [3.63, 3.8) is 0 Å². The number of hydrogen-bond acceptors (Lipinski definition) is 5. The van der Waals surface area contributed by atoms with Crippen molar-refractivity contribution >= 4 is 33.8 Å². The lowest BCUT2D eigenvalue weighted by molar-refractivity contribution is -0.109. The predicted molar refractivity (Wildman–Crippen MR) is 122 cm³/mol. The summed E-state index contributed by atoms with van der Waals surface area (Å²) in [4.78, 5) is 28.3. The van der Waals surface area contributed by atoms with Crippen molar-refractivity contribution in [3.05, 3.63) is 89.2 Å². The molecule has 0 atom stereocenters. The average Bonchev–Trinajstić information content (AvgIpc) is 2.72. The number of nitrogens with zero attached hydrogens (tertiary/aromatic N) is 1. The van der Waals surface area contributed by atoms with E-state index in [0.29, 0.717) is 0 Å². The van der Waals surface area contributed by atoms with Crippen molar-refractivity contribution in [3.8, 4) is 23.7 Å². The van der Waals surface area contributed by atoms with Crippen LogP contribution < -0.4 is 0 Å². The normalized spacial score (nSPS) is 9.67. The van der Waals surface area contributed by atoms with E-state index in [2.05, 4.69) is 28.7 Å². The van der Waals surface area contributed by atoms with Gasteiger partial charge in [0, 0.05) is 58.3 Å². The van der Waals surface area contributed by atoms with Crippen LogP contribution in [0.5, 0.6) is 0 Å². The number of thioether (sulfide) groups is 2. The Morgan fingerprint density at radius 3 is 1.37 bits per heavy atom. The summed E-state index contributed by atoms with van der Waals surface area (Å²) < 4.78 is 0. The van der Waals surface area contributed by atoms with Crippen LogP contribution in [0.2, 0.25) is 0 Å². The number of pyridine rings is 1. The lowest BCUT2D eigenvalue weighted by atomic mass is 10.1. The first-order valence-corrected chi connectivity index (χ1v) is 10.7. The summed E-state index contributed by atoms with van der Waals surface area (Å²) in [5.41, 5.74) is 3.28. The van der Waals surface area contributed by atoms with Gasteiger partial charge in [0.2, 0.25) is 0 Å². The summed E-state index contributed by atoms with van der Waals surface area (Å²) >= 11 is 2.40. The monoisotopic (exact) mass is 427 g/mol. The number of carbonyl (C=O) groups excluding carboxylic acids is 2. The quantitative estimate of drug-likeness (QED) is 0.418. The third kappa shape index (κ3) is 6.97. The molecule has 1 aromatic heterocycles. The van der Waals surface area contributed by atoms with Crippen LogP contribution in [0.15, 0.2) is 76.8 Å². The van der Waals surface area contributed by atoms with E-state index in [9.17, 15) is 9.59 Å². The Kier molecular flexibility index (Phi) is 7.51. The van der Waals surface area contributed by atoms with Crippen molar-refractivity contribution in [2.75, 3.05) is 0 Å². The fourth-order valence-electron chi connectivity index (χ4n) is 2.41. The molecular formula is C25H17NO2S2. The highest BCUT2D eigenvalue weighted by Gasteiger charge is 1.99. The molecule has 0 saturated carbocycles. The first-order chi connectivity index (χ1) is 14.5. The minimum Gasteiger partial charge on any atom is -0.287 e. The molecule has 2 aromatic carbocycles. The molecule has 0 aliphatic heterocycles. The van der Waals surface area contributed by atoms with Crippen molar-refractivity contribution in [2.24, 2.45) is 0 Å². The van der Waals surface area contributed by atoms with Gasteiger partial charge in [-0.15, -0.1) is 0 Å². The van der Waals surface area contributed by atoms with E-state index in [4.69, 9.17) is 0 Å². The fourth-order valence-corrected chi connectivity index (χ4v) is 3.62. The van der Waals surface area contributed by atoms with E-state index in [1.165, 1.54) is 23.5 Å². The second-order valence-electron chi connectivity index (χ2n) is 6.20. The van der Waals surface area contributed by atoms with Gasteiger partial charge in [0.1, 0.15) is 0 Å². The molecule has 5 heteroatoms. The first kappa shape index (κ1) is 21.5. The number of rotatable bonds is 2. The summed E-state index contributed by atoms with van der Waals surface area (Å²) in [5.74, 6) is 12.4. The van der Waals surface area contributed by atoms with Crippen LogP contribution in [0.4, 0.5) is 0 Å². The van der Waals surface area contributed by atoms with Crippen molar-refractivity contribution in [1.29, 1.82) is 0 Å². The molecule has 3 aromatic rings. The van der Waals surface area contributed by atoms with E-state index < -0.39 is 0 Å². The second-order valence-corrected chi connectivity index (χ2v) is 8.70. The van der Waals surface area contributed by atoms with Gasteiger partial charge in [-0.2, -0.15) is 0 Å². The number of benzene rings is 2. The Hall–Kier alpha value is -3.25. The SMILES string of the molecule is CC(=O)Sc1ccc(C#Cc2cncc(C#Cc3ccc(SC(C)=O)cc3)c2)cc1. The van der Waals surface area contributed by atoms with Crippen molar-refractivity contribution in [2.45, 2.75) is 23.6 Å². The molecule has 3 rings (SSSR count). The molecule has 146 valence electrons. The summed E-state index contributed by atoms with van der Waals surface area (Å²) in [5, 5.41) is 0.118. The molecule has 0 fully saturated rings. The Balaban J connectivity index is 1.70. The lowest BCUT2D eigenvalue weighted by Crippen LogP contribution is -1.84. The summed E-state index contributed by atoms with van der Waals surface area (Å²) in [6, 6.07) is 17.0. The van der Waals surface area contributed by atoms with E-state index in [1.807, 2.05) is 54.6 Å². The van der Waals surface area contributed by atoms with Crippen LogP contribution in [-0.2, 0) is 9.59 Å². The maximum absolute atomic E-state index is 11.1. The van der Waals surface area contributed by atoms with Gasteiger partial charge in [0.25, 0.3) is 0 Å². The van der Waals surface area contributed by atoms with Crippen molar-refractivity contribution in [1.82, 2.24) is 4.98 Å². The first-order valence-electron chi connectivity index (χ1n) is 9.04. The van der Waals surface area contributed by atoms with Crippen LogP contribution >= 0.6 is 23.5 Å². The minimum absolute atomic E-state index is 0.0590. The maximum Gasteiger partial charge on any atom is 0.190 e. The molecule has 30 heavy (non-hydrogen) atoms. The molecule has 0 aliphatic rings.